The van der Waals surface area contributed by atoms with Gasteiger partial charge in [-0.3, -0.25) is 0 Å². The predicted octanol–water partition coefficient (Wildman–Crippen LogP) is 1.23. The number of hydrogen-bond donors (Lipinski definition) is 2. The van der Waals surface area contributed by atoms with E-state index in [0.29, 0.717) is 12.3 Å². The molecular formula is C20H25NO3. The highest BCUT2D eigenvalue weighted by Crippen LogP contribution is 2.23. The SMILES string of the molecule is COc1ccc2c(c1)=C(C(O)CNC(C)(C)C)OC1C=CC=CC=21. The van der Waals surface area contributed by atoms with Gasteiger partial charge in [0.2, 0.25) is 0 Å². The van der Waals surface area contributed by atoms with Gasteiger partial charge in [-0.05, 0) is 44.2 Å². The summed E-state index contributed by atoms with van der Waals surface area (Å²) >= 11 is 0. The first kappa shape index (κ1) is 16.8. The second-order valence-electron chi connectivity index (χ2n) is 7.16. The second kappa shape index (κ2) is 6.46. The van der Waals surface area contributed by atoms with Crippen LogP contribution in [0.5, 0.6) is 5.75 Å². The molecule has 0 saturated heterocycles. The van der Waals surface area contributed by atoms with Gasteiger partial charge in [-0.15, -0.1) is 0 Å². The topological polar surface area (TPSA) is 50.7 Å². The summed E-state index contributed by atoms with van der Waals surface area (Å²) in [6.07, 6.45) is 7.16. The van der Waals surface area contributed by atoms with Crippen LogP contribution in [0.15, 0.2) is 42.5 Å². The lowest BCUT2D eigenvalue weighted by molar-refractivity contribution is 0.139. The van der Waals surface area contributed by atoms with Crippen molar-refractivity contribution in [2.24, 2.45) is 0 Å². The molecule has 0 spiro atoms. The van der Waals surface area contributed by atoms with Crippen molar-refractivity contribution in [2.45, 2.75) is 38.5 Å². The summed E-state index contributed by atoms with van der Waals surface area (Å²) in [5, 5.41) is 16.0. The minimum absolute atomic E-state index is 0.0713. The zero-order valence-electron chi connectivity index (χ0n) is 14.7. The molecule has 0 radical (unpaired) electrons. The highest BCUT2D eigenvalue weighted by Gasteiger charge is 2.26. The summed E-state index contributed by atoms with van der Waals surface area (Å²) in [5.41, 5.74) is 1.04. The van der Waals surface area contributed by atoms with E-state index in [-0.39, 0.29) is 11.6 Å². The summed E-state index contributed by atoms with van der Waals surface area (Å²) in [6.45, 7) is 6.65. The first-order chi connectivity index (χ1) is 11.4. The van der Waals surface area contributed by atoms with Crippen LogP contribution in [0, 0.1) is 0 Å². The Bertz CT molecular complexity index is 799. The van der Waals surface area contributed by atoms with Gasteiger partial charge in [0.15, 0.2) is 0 Å². The zero-order chi connectivity index (χ0) is 17.3. The molecule has 2 N–H and O–H groups in total. The molecule has 0 aromatic heterocycles. The molecule has 128 valence electrons. The Kier molecular flexibility index (Phi) is 4.52. The van der Waals surface area contributed by atoms with E-state index in [9.17, 15) is 5.11 Å². The highest BCUT2D eigenvalue weighted by molar-refractivity contribution is 5.70. The standard InChI is InChI=1S/C20H25NO3/c1-20(2,3)21-12-17(22)19-16-11-13(23-4)9-10-14(16)15-7-5-6-8-18(15)24-19/h5-11,17-18,21-22H,12H2,1-4H3. The highest BCUT2D eigenvalue weighted by atomic mass is 16.5. The van der Waals surface area contributed by atoms with Gasteiger partial charge in [-0.25, -0.2) is 0 Å². The van der Waals surface area contributed by atoms with Crippen LogP contribution < -0.4 is 20.5 Å². The molecule has 1 aliphatic heterocycles. The van der Waals surface area contributed by atoms with E-state index in [0.717, 1.165) is 21.8 Å². The third-order valence-electron chi connectivity index (χ3n) is 4.16. The number of nitrogens with one attached hydrogen (secondary N) is 1. The van der Waals surface area contributed by atoms with Crippen LogP contribution in [0.2, 0.25) is 0 Å². The maximum Gasteiger partial charge on any atom is 0.143 e. The van der Waals surface area contributed by atoms with Crippen LogP contribution in [0.4, 0.5) is 0 Å². The van der Waals surface area contributed by atoms with E-state index in [4.69, 9.17) is 9.47 Å². The van der Waals surface area contributed by atoms with Gasteiger partial charge < -0.3 is 19.9 Å². The fourth-order valence-corrected chi connectivity index (χ4v) is 2.93. The molecule has 0 saturated carbocycles. The van der Waals surface area contributed by atoms with Gasteiger partial charge in [0.25, 0.3) is 0 Å². The largest absolute Gasteiger partial charge is 0.497 e. The molecule has 2 unspecified atom stereocenters. The summed E-state index contributed by atoms with van der Waals surface area (Å²) in [7, 11) is 1.64. The van der Waals surface area contributed by atoms with Crippen molar-refractivity contribution in [3.63, 3.8) is 0 Å². The van der Waals surface area contributed by atoms with E-state index < -0.39 is 6.10 Å². The van der Waals surface area contributed by atoms with E-state index in [1.165, 1.54) is 0 Å². The number of benzene rings is 1. The van der Waals surface area contributed by atoms with Crippen molar-refractivity contribution < 1.29 is 14.6 Å². The number of methoxy groups -OCH3 is 1. The number of aliphatic hydroxyl groups is 1. The van der Waals surface area contributed by atoms with Crippen LogP contribution in [0.3, 0.4) is 0 Å². The molecule has 1 aromatic rings. The molecule has 0 fully saturated rings. The number of allylic oxidation sites excluding steroid dienone is 2. The Hall–Kier alpha value is -2.04. The fraction of sp³-hybridized carbons (Fsp3) is 0.400. The Balaban J connectivity index is 2.10. The Morgan fingerprint density at radius 3 is 2.75 bits per heavy atom. The molecular weight excluding hydrogens is 302 g/mol. The molecule has 3 rings (SSSR count). The van der Waals surface area contributed by atoms with Crippen molar-refractivity contribution in [1.82, 2.24) is 5.32 Å². The summed E-state index contributed by atoms with van der Waals surface area (Å²) in [5.74, 6) is 1.34. The number of ether oxygens (including phenoxy) is 2. The van der Waals surface area contributed by atoms with Gasteiger partial charge in [-0.1, -0.05) is 24.3 Å². The average molecular weight is 327 g/mol. The van der Waals surface area contributed by atoms with E-state index in [2.05, 4.69) is 32.2 Å². The molecule has 0 bridgehead atoms. The van der Waals surface area contributed by atoms with Crippen LogP contribution in [-0.4, -0.2) is 36.5 Å². The van der Waals surface area contributed by atoms with Crippen molar-refractivity contribution in [3.8, 4) is 5.75 Å². The number of rotatable bonds is 4. The molecule has 1 heterocycles. The van der Waals surface area contributed by atoms with Gasteiger partial charge in [0.1, 0.15) is 23.7 Å². The van der Waals surface area contributed by atoms with Crippen molar-refractivity contribution in [1.29, 1.82) is 0 Å². The van der Waals surface area contributed by atoms with Gasteiger partial charge in [0, 0.05) is 22.9 Å². The molecule has 24 heavy (non-hydrogen) atoms. The normalized spacial score (nSPS) is 20.3. The first-order valence-electron chi connectivity index (χ1n) is 8.26. The quantitative estimate of drug-likeness (QED) is 0.873. The molecule has 4 heteroatoms. The molecule has 2 atom stereocenters. The fourth-order valence-electron chi connectivity index (χ4n) is 2.93. The summed E-state index contributed by atoms with van der Waals surface area (Å²) in [4.78, 5) is 0. The van der Waals surface area contributed by atoms with Gasteiger partial charge in [-0.2, -0.15) is 0 Å². The van der Waals surface area contributed by atoms with Crippen LogP contribution in [0.25, 0.3) is 11.3 Å². The van der Waals surface area contributed by atoms with Crippen LogP contribution >= 0.6 is 0 Å². The van der Waals surface area contributed by atoms with E-state index in [1.807, 2.05) is 36.4 Å². The average Bonchev–Trinajstić information content (AvgIpc) is 2.57. The van der Waals surface area contributed by atoms with Crippen molar-refractivity contribution in [3.05, 3.63) is 52.9 Å². The molecule has 1 aliphatic carbocycles. The lowest BCUT2D eigenvalue weighted by Crippen LogP contribution is -2.46. The van der Waals surface area contributed by atoms with E-state index in [1.54, 1.807) is 7.11 Å². The van der Waals surface area contributed by atoms with Gasteiger partial charge >= 0.3 is 0 Å². The molecule has 4 nitrogen and oxygen atoms in total. The Morgan fingerprint density at radius 2 is 2.04 bits per heavy atom. The number of aliphatic hydroxyl groups excluding tert-OH is 1. The molecule has 0 amide bonds. The summed E-state index contributed by atoms with van der Waals surface area (Å²) in [6, 6.07) is 5.91. The van der Waals surface area contributed by atoms with Gasteiger partial charge in [0.05, 0.1) is 7.11 Å². The molecule has 1 aromatic carbocycles. The Labute approximate surface area is 142 Å². The summed E-state index contributed by atoms with van der Waals surface area (Å²) < 4.78 is 11.5. The zero-order valence-corrected chi connectivity index (χ0v) is 14.7. The van der Waals surface area contributed by atoms with Crippen LogP contribution in [-0.2, 0) is 4.74 Å². The van der Waals surface area contributed by atoms with Crippen molar-refractivity contribution >= 4 is 11.3 Å². The predicted molar refractivity (Wildman–Crippen MR) is 96.0 cm³/mol. The number of hydrogen-bond acceptors (Lipinski definition) is 4. The minimum atomic E-state index is -0.726. The molecule has 2 aliphatic rings. The minimum Gasteiger partial charge on any atom is -0.497 e. The maximum atomic E-state index is 10.7. The second-order valence-corrected chi connectivity index (χ2v) is 7.16. The van der Waals surface area contributed by atoms with Crippen LogP contribution in [0.1, 0.15) is 20.8 Å². The first-order valence-corrected chi connectivity index (χ1v) is 8.26. The lowest BCUT2D eigenvalue weighted by atomic mass is 9.96. The van der Waals surface area contributed by atoms with Crippen molar-refractivity contribution in [2.75, 3.05) is 13.7 Å². The smallest absolute Gasteiger partial charge is 0.143 e. The third kappa shape index (κ3) is 3.40. The maximum absolute atomic E-state index is 10.7. The lowest BCUT2D eigenvalue weighted by Gasteiger charge is -2.29. The number of β-amino-alcohol motifs (C(OH)–C–C–N with tert-alkyl or cyclic N) is 1. The number of fused-ring (bicyclic) bond motifs is 2. The monoisotopic (exact) mass is 327 g/mol. The third-order valence-corrected chi connectivity index (χ3v) is 4.16. The Morgan fingerprint density at radius 1 is 1.25 bits per heavy atom. The van der Waals surface area contributed by atoms with E-state index >= 15 is 0 Å².